The van der Waals surface area contributed by atoms with E-state index < -0.39 is 11.5 Å². The summed E-state index contributed by atoms with van der Waals surface area (Å²) in [5.41, 5.74) is 1.42. The van der Waals surface area contributed by atoms with Crippen molar-refractivity contribution in [2.45, 2.75) is 13.3 Å². The average Bonchev–Trinajstić information content (AvgIpc) is 3.04. The fraction of sp³-hybridized carbons (Fsp3) is 0.167. The van der Waals surface area contributed by atoms with Gasteiger partial charge in [0.2, 0.25) is 11.7 Å². The number of aryl methyl sites for hydroxylation is 2. The zero-order valence-corrected chi connectivity index (χ0v) is 13.2. The minimum absolute atomic E-state index is 0.0373. The van der Waals surface area contributed by atoms with E-state index in [0.29, 0.717) is 17.7 Å². The maximum absolute atomic E-state index is 13.0. The first-order valence-corrected chi connectivity index (χ1v) is 7.32. The summed E-state index contributed by atoms with van der Waals surface area (Å²) in [6.45, 7) is 1.72. The second-order valence-electron chi connectivity index (χ2n) is 5.67. The molecule has 0 spiro atoms. The Morgan fingerprint density at radius 2 is 1.92 bits per heavy atom. The number of aromatic hydroxyl groups is 2. The van der Waals surface area contributed by atoms with Gasteiger partial charge >= 0.3 is 0 Å². The van der Waals surface area contributed by atoms with E-state index in [2.05, 4.69) is 0 Å². The molecular weight excluding hydrogens is 313 g/mol. The van der Waals surface area contributed by atoms with Gasteiger partial charge in [-0.1, -0.05) is 12.1 Å². The normalized spacial score (nSPS) is 11.0. The van der Waals surface area contributed by atoms with Crippen molar-refractivity contribution in [3.8, 4) is 11.6 Å². The lowest BCUT2D eigenvalue weighted by molar-refractivity contribution is 0.100. The maximum Gasteiger partial charge on any atom is 0.235 e. The highest BCUT2D eigenvalue weighted by Crippen LogP contribution is 2.33. The number of carbonyl (C=O) groups excluding carboxylic acids is 1. The van der Waals surface area contributed by atoms with Crippen molar-refractivity contribution in [3.63, 3.8) is 0 Å². The third-order valence-electron chi connectivity index (χ3n) is 3.81. The van der Waals surface area contributed by atoms with Crippen molar-refractivity contribution in [2.75, 3.05) is 0 Å². The molecule has 0 amide bonds. The van der Waals surface area contributed by atoms with Crippen LogP contribution in [-0.4, -0.2) is 20.6 Å². The first-order valence-electron chi connectivity index (χ1n) is 7.32. The van der Waals surface area contributed by atoms with E-state index in [9.17, 15) is 19.4 Å². The first-order chi connectivity index (χ1) is 11.4. The van der Waals surface area contributed by atoms with Crippen molar-refractivity contribution >= 4 is 5.78 Å². The molecule has 5 nitrogen and oxygen atoms in total. The molecule has 124 valence electrons. The highest BCUT2D eigenvalue weighted by Gasteiger charge is 2.25. The summed E-state index contributed by atoms with van der Waals surface area (Å²) < 4.78 is 19.8. The zero-order chi connectivity index (χ0) is 17.4. The van der Waals surface area contributed by atoms with Gasteiger partial charge in [-0.2, -0.15) is 0 Å². The molecule has 0 aliphatic carbocycles. The van der Waals surface area contributed by atoms with Crippen LogP contribution in [0.5, 0.6) is 11.6 Å². The summed E-state index contributed by atoms with van der Waals surface area (Å²) in [4.78, 5) is 12.7. The van der Waals surface area contributed by atoms with Gasteiger partial charge < -0.3 is 19.2 Å². The molecule has 0 saturated heterocycles. The van der Waals surface area contributed by atoms with Crippen LogP contribution in [0.3, 0.4) is 0 Å². The summed E-state index contributed by atoms with van der Waals surface area (Å²) >= 11 is 0. The highest BCUT2D eigenvalue weighted by atomic mass is 19.1. The Kier molecular flexibility index (Phi) is 3.89. The van der Waals surface area contributed by atoms with Crippen LogP contribution in [0.25, 0.3) is 0 Å². The largest absolute Gasteiger partial charge is 0.503 e. The second kappa shape index (κ2) is 5.88. The molecule has 0 unspecified atom stereocenters. The molecule has 0 fully saturated rings. The lowest BCUT2D eigenvalue weighted by atomic mass is 10.0. The topological polar surface area (TPSA) is 75.6 Å². The molecule has 3 rings (SSSR count). The SMILES string of the molecule is Cc1cc(Cc2ccc(F)cc2)c(C(=O)c2cn(C)c(O)c2O)o1. The molecule has 6 heteroatoms. The van der Waals surface area contributed by atoms with Crippen LogP contribution in [0, 0.1) is 12.7 Å². The Morgan fingerprint density at radius 1 is 1.25 bits per heavy atom. The number of rotatable bonds is 4. The molecular formula is C18H16FNO4. The highest BCUT2D eigenvalue weighted by molar-refractivity contribution is 6.10. The van der Waals surface area contributed by atoms with Gasteiger partial charge in [-0.25, -0.2) is 4.39 Å². The Balaban J connectivity index is 1.98. The van der Waals surface area contributed by atoms with E-state index in [1.807, 2.05) is 0 Å². The van der Waals surface area contributed by atoms with Crippen LogP contribution in [-0.2, 0) is 13.5 Å². The summed E-state index contributed by atoms with van der Waals surface area (Å²) in [6.07, 6.45) is 1.73. The van der Waals surface area contributed by atoms with Gasteiger partial charge in [-0.15, -0.1) is 0 Å². The van der Waals surface area contributed by atoms with Gasteiger partial charge in [0.1, 0.15) is 11.6 Å². The molecule has 2 heterocycles. The molecule has 0 aliphatic heterocycles. The fourth-order valence-corrected chi connectivity index (χ4v) is 2.60. The van der Waals surface area contributed by atoms with Crippen molar-refractivity contribution in [2.24, 2.45) is 7.05 Å². The van der Waals surface area contributed by atoms with Gasteiger partial charge in [-0.3, -0.25) is 4.79 Å². The third-order valence-corrected chi connectivity index (χ3v) is 3.81. The Bertz CT molecular complexity index is 906. The van der Waals surface area contributed by atoms with E-state index in [1.165, 1.54) is 29.9 Å². The Labute approximate surface area is 137 Å². The van der Waals surface area contributed by atoms with Crippen LogP contribution >= 0.6 is 0 Å². The molecule has 3 aromatic rings. The van der Waals surface area contributed by atoms with E-state index in [4.69, 9.17) is 4.42 Å². The number of aromatic nitrogens is 1. The molecule has 0 bridgehead atoms. The van der Waals surface area contributed by atoms with Crippen molar-refractivity contribution in [1.29, 1.82) is 0 Å². The lowest BCUT2D eigenvalue weighted by Gasteiger charge is -2.02. The first kappa shape index (κ1) is 15.9. The summed E-state index contributed by atoms with van der Waals surface area (Å²) in [5, 5.41) is 19.5. The number of hydrogen-bond acceptors (Lipinski definition) is 4. The molecule has 0 radical (unpaired) electrons. The van der Waals surface area contributed by atoms with Crippen LogP contribution in [0.15, 0.2) is 40.9 Å². The Morgan fingerprint density at radius 3 is 2.50 bits per heavy atom. The maximum atomic E-state index is 13.0. The summed E-state index contributed by atoms with van der Waals surface area (Å²) in [5.74, 6) is -1.07. The smallest absolute Gasteiger partial charge is 0.235 e. The van der Waals surface area contributed by atoms with E-state index in [0.717, 1.165) is 5.56 Å². The number of benzene rings is 1. The lowest BCUT2D eigenvalue weighted by Crippen LogP contribution is -2.03. The van der Waals surface area contributed by atoms with Crippen molar-refractivity contribution in [3.05, 3.63) is 70.6 Å². The number of halogens is 1. The van der Waals surface area contributed by atoms with Gasteiger partial charge in [-0.05, 0) is 30.7 Å². The molecule has 24 heavy (non-hydrogen) atoms. The molecule has 0 atom stereocenters. The van der Waals surface area contributed by atoms with Gasteiger partial charge in [0.15, 0.2) is 11.5 Å². The minimum Gasteiger partial charge on any atom is -0.503 e. The minimum atomic E-state index is -0.520. The number of hydrogen-bond donors (Lipinski definition) is 2. The third kappa shape index (κ3) is 2.78. The predicted octanol–water partition coefficient (Wildman–Crippen LogP) is 3.30. The molecule has 2 N–H and O–H groups in total. The van der Waals surface area contributed by atoms with Crippen molar-refractivity contribution in [1.82, 2.24) is 4.57 Å². The van der Waals surface area contributed by atoms with Crippen LogP contribution < -0.4 is 0 Å². The quantitative estimate of drug-likeness (QED) is 0.720. The standard InChI is InChI=1S/C18H16FNO4/c1-10-7-12(8-11-3-5-13(19)6-4-11)17(24-10)15(21)14-9-20(2)18(23)16(14)22/h3-7,9,22-23H,8H2,1-2H3. The summed E-state index contributed by atoms with van der Waals surface area (Å²) in [6, 6.07) is 7.71. The molecule has 2 aromatic heterocycles. The number of furan rings is 1. The number of nitrogens with zero attached hydrogens (tertiary/aromatic N) is 1. The van der Waals surface area contributed by atoms with Crippen LogP contribution in [0.2, 0.25) is 0 Å². The summed E-state index contributed by atoms with van der Waals surface area (Å²) in [7, 11) is 1.51. The average molecular weight is 329 g/mol. The fourth-order valence-electron chi connectivity index (χ4n) is 2.60. The van der Waals surface area contributed by atoms with Crippen molar-refractivity contribution < 1.29 is 23.8 Å². The van der Waals surface area contributed by atoms with E-state index >= 15 is 0 Å². The number of ketones is 1. The van der Waals surface area contributed by atoms with Gasteiger partial charge in [0.25, 0.3) is 0 Å². The van der Waals surface area contributed by atoms with Gasteiger partial charge in [0, 0.05) is 25.2 Å². The predicted molar refractivity (Wildman–Crippen MR) is 84.8 cm³/mol. The molecule has 1 aromatic carbocycles. The molecule has 0 aliphatic rings. The van der Waals surface area contributed by atoms with E-state index in [-0.39, 0.29) is 23.0 Å². The van der Waals surface area contributed by atoms with Crippen LogP contribution in [0.4, 0.5) is 4.39 Å². The number of carbonyl (C=O) groups is 1. The monoisotopic (exact) mass is 329 g/mol. The second-order valence-corrected chi connectivity index (χ2v) is 5.67. The van der Waals surface area contributed by atoms with Crippen LogP contribution in [0.1, 0.15) is 33.0 Å². The Hall–Kier alpha value is -3.02. The zero-order valence-electron chi connectivity index (χ0n) is 13.2. The van der Waals surface area contributed by atoms with E-state index in [1.54, 1.807) is 25.1 Å². The van der Waals surface area contributed by atoms with Gasteiger partial charge in [0.05, 0.1) is 5.56 Å². The molecule has 0 saturated carbocycles.